The van der Waals surface area contributed by atoms with E-state index in [-0.39, 0.29) is 24.2 Å². The van der Waals surface area contributed by atoms with Crippen LogP contribution in [0.15, 0.2) is 24.3 Å². The lowest BCUT2D eigenvalue weighted by molar-refractivity contribution is -0.123. The van der Waals surface area contributed by atoms with Crippen molar-refractivity contribution in [2.45, 2.75) is 25.7 Å². The summed E-state index contributed by atoms with van der Waals surface area (Å²) in [5, 5.41) is 0. The normalized spacial score (nSPS) is 19.4. The van der Waals surface area contributed by atoms with Crippen molar-refractivity contribution in [3.8, 4) is 5.75 Å². The van der Waals surface area contributed by atoms with E-state index >= 15 is 0 Å². The molecule has 1 aromatic rings. The quantitative estimate of drug-likeness (QED) is 0.848. The second kappa shape index (κ2) is 5.65. The Balaban J connectivity index is 1.74. The lowest BCUT2D eigenvalue weighted by Crippen LogP contribution is -2.38. The van der Waals surface area contributed by atoms with Crippen LogP contribution >= 0.6 is 0 Å². The number of carbonyl (C=O) groups is 2. The van der Waals surface area contributed by atoms with Gasteiger partial charge in [-0.3, -0.25) is 9.59 Å². The Morgan fingerprint density at radius 2 is 2.00 bits per heavy atom. The van der Waals surface area contributed by atoms with Crippen molar-refractivity contribution in [3.63, 3.8) is 0 Å². The van der Waals surface area contributed by atoms with E-state index in [0.717, 1.165) is 25.7 Å². The number of hydrogen-bond donors (Lipinski definition) is 0. The largest absolute Gasteiger partial charge is 0.491 e. The average molecular weight is 273 g/mol. The summed E-state index contributed by atoms with van der Waals surface area (Å²) in [6.07, 6.45) is 4.23. The van der Waals surface area contributed by atoms with Crippen LogP contribution in [0.1, 0.15) is 36.0 Å². The number of fused-ring (bicyclic) bond motifs is 1. The summed E-state index contributed by atoms with van der Waals surface area (Å²) < 4.78 is 5.58. The molecule has 1 aromatic carbocycles. The third kappa shape index (κ3) is 2.55. The van der Waals surface area contributed by atoms with E-state index < -0.39 is 0 Å². The van der Waals surface area contributed by atoms with Crippen LogP contribution in [0.4, 0.5) is 0 Å². The molecule has 0 N–H and O–H groups in total. The highest BCUT2D eigenvalue weighted by molar-refractivity contribution is 5.99. The van der Waals surface area contributed by atoms with E-state index in [1.807, 2.05) is 12.1 Å². The summed E-state index contributed by atoms with van der Waals surface area (Å²) in [6, 6.07) is 7.24. The molecule has 0 saturated heterocycles. The van der Waals surface area contributed by atoms with Crippen LogP contribution in [0.25, 0.3) is 0 Å². The molecule has 1 heterocycles. The van der Waals surface area contributed by atoms with Crippen LogP contribution in [0, 0.1) is 5.92 Å². The Hall–Kier alpha value is -1.84. The van der Waals surface area contributed by atoms with Gasteiger partial charge in [0.1, 0.15) is 12.4 Å². The fourth-order valence-electron chi connectivity index (χ4n) is 3.02. The van der Waals surface area contributed by atoms with Gasteiger partial charge in [0.15, 0.2) is 5.78 Å². The number of carbonyl (C=O) groups excluding carboxylic acids is 2. The second-order valence-electron chi connectivity index (χ2n) is 5.52. The molecule has 2 aliphatic rings. The van der Waals surface area contributed by atoms with Gasteiger partial charge in [-0.05, 0) is 25.0 Å². The summed E-state index contributed by atoms with van der Waals surface area (Å²) in [5.41, 5.74) is 0.559. The lowest BCUT2D eigenvalue weighted by atomic mass is 10.0. The molecule has 20 heavy (non-hydrogen) atoms. The van der Waals surface area contributed by atoms with Gasteiger partial charge >= 0.3 is 0 Å². The summed E-state index contributed by atoms with van der Waals surface area (Å²) >= 11 is 0. The molecule has 0 spiro atoms. The summed E-state index contributed by atoms with van der Waals surface area (Å²) in [7, 11) is 0. The minimum Gasteiger partial charge on any atom is -0.491 e. The molecule has 0 aromatic heterocycles. The van der Waals surface area contributed by atoms with Crippen molar-refractivity contribution in [1.82, 2.24) is 4.90 Å². The van der Waals surface area contributed by atoms with Crippen LogP contribution in [0.2, 0.25) is 0 Å². The third-order valence-electron chi connectivity index (χ3n) is 4.18. The van der Waals surface area contributed by atoms with Gasteiger partial charge < -0.3 is 9.64 Å². The van der Waals surface area contributed by atoms with Gasteiger partial charge in [0.2, 0.25) is 0 Å². The van der Waals surface area contributed by atoms with Crippen LogP contribution in [-0.4, -0.2) is 36.3 Å². The molecule has 4 heteroatoms. The Kier molecular flexibility index (Phi) is 3.72. The maximum Gasteiger partial charge on any atom is 0.258 e. The number of nitrogens with zero attached hydrogens (tertiary/aromatic N) is 1. The van der Waals surface area contributed by atoms with Gasteiger partial charge in [0.05, 0.1) is 18.7 Å². The SMILES string of the molecule is O=C(CN1CCOc2ccccc2C1=O)C1CCCC1. The van der Waals surface area contributed by atoms with Gasteiger partial charge in [0, 0.05) is 5.92 Å². The first-order chi connectivity index (χ1) is 9.75. The van der Waals surface area contributed by atoms with Gasteiger partial charge in [-0.1, -0.05) is 25.0 Å². The van der Waals surface area contributed by atoms with Crippen LogP contribution < -0.4 is 4.74 Å². The number of hydrogen-bond acceptors (Lipinski definition) is 3. The Bertz CT molecular complexity index is 520. The third-order valence-corrected chi connectivity index (χ3v) is 4.18. The van der Waals surface area contributed by atoms with Crippen molar-refractivity contribution < 1.29 is 14.3 Å². The van der Waals surface area contributed by atoms with Crippen molar-refractivity contribution in [1.29, 1.82) is 0 Å². The molecule has 0 atom stereocenters. The molecule has 0 unspecified atom stereocenters. The van der Waals surface area contributed by atoms with Gasteiger partial charge in [-0.15, -0.1) is 0 Å². The van der Waals surface area contributed by atoms with E-state index in [9.17, 15) is 9.59 Å². The molecule has 1 amide bonds. The summed E-state index contributed by atoms with van der Waals surface area (Å²) in [4.78, 5) is 26.4. The van der Waals surface area contributed by atoms with E-state index in [0.29, 0.717) is 24.5 Å². The standard InChI is InChI=1S/C16H19NO3/c18-14(12-5-1-2-6-12)11-17-9-10-20-15-8-4-3-7-13(15)16(17)19/h3-4,7-8,12H,1-2,5-6,9-11H2. The molecular formula is C16H19NO3. The average Bonchev–Trinajstić information content (AvgIpc) is 2.95. The number of ketones is 1. The number of rotatable bonds is 3. The topological polar surface area (TPSA) is 46.6 Å². The zero-order chi connectivity index (χ0) is 13.9. The second-order valence-corrected chi connectivity index (χ2v) is 5.52. The fourth-order valence-corrected chi connectivity index (χ4v) is 3.02. The maximum atomic E-state index is 12.5. The van der Waals surface area contributed by atoms with Crippen LogP contribution in [0.3, 0.4) is 0 Å². The van der Waals surface area contributed by atoms with Gasteiger partial charge in [0.25, 0.3) is 5.91 Å². The Morgan fingerprint density at radius 1 is 1.25 bits per heavy atom. The minimum absolute atomic E-state index is 0.0931. The zero-order valence-corrected chi connectivity index (χ0v) is 11.5. The van der Waals surface area contributed by atoms with Crippen molar-refractivity contribution in [2.24, 2.45) is 5.92 Å². The first-order valence-corrected chi connectivity index (χ1v) is 7.29. The molecule has 1 aliphatic carbocycles. The minimum atomic E-state index is -0.0931. The van der Waals surface area contributed by atoms with Gasteiger partial charge in [-0.2, -0.15) is 0 Å². The predicted octanol–water partition coefficient (Wildman–Crippen LogP) is 2.28. The molecule has 1 fully saturated rings. The number of para-hydroxylation sites is 1. The summed E-state index contributed by atoms with van der Waals surface area (Å²) in [5.74, 6) is 0.884. The van der Waals surface area contributed by atoms with Crippen molar-refractivity contribution in [3.05, 3.63) is 29.8 Å². The lowest BCUT2D eigenvalue weighted by Gasteiger charge is -2.20. The van der Waals surface area contributed by atoms with E-state index in [4.69, 9.17) is 4.74 Å². The number of amides is 1. The zero-order valence-electron chi connectivity index (χ0n) is 11.5. The fraction of sp³-hybridized carbons (Fsp3) is 0.500. The van der Waals surface area contributed by atoms with Crippen LogP contribution in [-0.2, 0) is 4.79 Å². The van der Waals surface area contributed by atoms with Gasteiger partial charge in [-0.25, -0.2) is 0 Å². The monoisotopic (exact) mass is 273 g/mol. The molecule has 3 rings (SSSR count). The number of benzene rings is 1. The molecule has 0 bridgehead atoms. The number of ether oxygens (including phenoxy) is 1. The van der Waals surface area contributed by atoms with E-state index in [1.54, 1.807) is 17.0 Å². The van der Waals surface area contributed by atoms with E-state index in [2.05, 4.69) is 0 Å². The number of Topliss-reactive ketones (excluding diaryl/α,β-unsaturated/α-hetero) is 1. The Morgan fingerprint density at radius 3 is 2.80 bits per heavy atom. The first-order valence-electron chi connectivity index (χ1n) is 7.29. The smallest absolute Gasteiger partial charge is 0.258 e. The van der Waals surface area contributed by atoms with Crippen molar-refractivity contribution in [2.75, 3.05) is 19.7 Å². The highest BCUT2D eigenvalue weighted by Crippen LogP contribution is 2.27. The summed E-state index contributed by atoms with van der Waals surface area (Å²) in [6.45, 7) is 1.15. The molecule has 1 saturated carbocycles. The molecule has 1 aliphatic heterocycles. The van der Waals surface area contributed by atoms with Crippen LogP contribution in [0.5, 0.6) is 5.75 Å². The molecule has 0 radical (unpaired) electrons. The maximum absolute atomic E-state index is 12.5. The first kappa shape index (κ1) is 13.2. The highest BCUT2D eigenvalue weighted by atomic mass is 16.5. The van der Waals surface area contributed by atoms with E-state index in [1.165, 1.54) is 0 Å². The molecule has 4 nitrogen and oxygen atoms in total. The Labute approximate surface area is 118 Å². The predicted molar refractivity (Wildman–Crippen MR) is 74.8 cm³/mol. The molecule has 106 valence electrons. The highest BCUT2D eigenvalue weighted by Gasteiger charge is 2.28. The van der Waals surface area contributed by atoms with Crippen molar-refractivity contribution >= 4 is 11.7 Å². The molecular weight excluding hydrogens is 254 g/mol.